The van der Waals surface area contributed by atoms with Crippen LogP contribution in [0, 0.1) is 0 Å². The lowest BCUT2D eigenvalue weighted by Gasteiger charge is -2.20. The lowest BCUT2D eigenvalue weighted by Crippen LogP contribution is -2.25. The maximum atomic E-state index is 12.1. The fourth-order valence-electron chi connectivity index (χ4n) is 2.38. The quantitative estimate of drug-likeness (QED) is 0.852. The number of hydrogen-bond acceptors (Lipinski definition) is 3. The van der Waals surface area contributed by atoms with Crippen LogP contribution in [0.5, 0.6) is 0 Å². The molecular formula is C14H16N4O. The zero-order valence-electron chi connectivity index (χ0n) is 10.8. The average Bonchev–Trinajstić information content (AvgIpc) is 2.86. The lowest BCUT2D eigenvalue weighted by atomic mass is 9.99. The number of nitrogens with one attached hydrogen (secondary N) is 2. The number of fused-ring (bicyclic) bond motifs is 1. The number of amides is 1. The normalized spacial score (nSPS) is 13.9. The minimum Gasteiger partial charge on any atom is -0.322 e. The summed E-state index contributed by atoms with van der Waals surface area (Å²) in [7, 11) is 1.80. The maximum absolute atomic E-state index is 12.1. The SMILES string of the molecule is Cn1cc(C(=O)Nc2cccc3c2CCNC3)cn1. The van der Waals surface area contributed by atoms with E-state index in [9.17, 15) is 4.79 Å². The van der Waals surface area contributed by atoms with Crippen molar-refractivity contribution in [2.45, 2.75) is 13.0 Å². The molecular weight excluding hydrogens is 240 g/mol. The van der Waals surface area contributed by atoms with E-state index in [1.165, 1.54) is 11.1 Å². The highest BCUT2D eigenvalue weighted by atomic mass is 16.1. The van der Waals surface area contributed by atoms with Crippen molar-refractivity contribution in [1.82, 2.24) is 15.1 Å². The highest BCUT2D eigenvalue weighted by Gasteiger charge is 2.15. The molecule has 1 amide bonds. The monoisotopic (exact) mass is 256 g/mol. The Balaban J connectivity index is 1.85. The van der Waals surface area contributed by atoms with Crippen LogP contribution in [0.3, 0.4) is 0 Å². The lowest BCUT2D eigenvalue weighted by molar-refractivity contribution is 0.102. The second-order valence-corrected chi connectivity index (χ2v) is 4.73. The van der Waals surface area contributed by atoms with Gasteiger partial charge in [-0.1, -0.05) is 12.1 Å². The first kappa shape index (κ1) is 11.9. The van der Waals surface area contributed by atoms with Crippen LogP contribution >= 0.6 is 0 Å². The van der Waals surface area contributed by atoms with E-state index in [2.05, 4.69) is 21.8 Å². The number of anilines is 1. The van der Waals surface area contributed by atoms with Crippen molar-refractivity contribution in [2.24, 2.45) is 7.05 Å². The number of carbonyl (C=O) groups is 1. The van der Waals surface area contributed by atoms with Gasteiger partial charge in [0, 0.05) is 25.5 Å². The van der Waals surface area contributed by atoms with E-state index in [4.69, 9.17) is 0 Å². The van der Waals surface area contributed by atoms with Gasteiger partial charge in [0.2, 0.25) is 0 Å². The summed E-state index contributed by atoms with van der Waals surface area (Å²) >= 11 is 0. The van der Waals surface area contributed by atoms with Crippen molar-refractivity contribution >= 4 is 11.6 Å². The van der Waals surface area contributed by atoms with Gasteiger partial charge in [0.05, 0.1) is 11.8 Å². The van der Waals surface area contributed by atoms with E-state index in [1.54, 1.807) is 24.1 Å². The minimum atomic E-state index is -0.111. The Morgan fingerprint density at radius 2 is 2.37 bits per heavy atom. The van der Waals surface area contributed by atoms with Crippen molar-refractivity contribution in [3.8, 4) is 0 Å². The highest BCUT2D eigenvalue weighted by Crippen LogP contribution is 2.23. The van der Waals surface area contributed by atoms with E-state index >= 15 is 0 Å². The largest absolute Gasteiger partial charge is 0.322 e. The number of aryl methyl sites for hydroxylation is 1. The number of rotatable bonds is 2. The molecule has 3 rings (SSSR count). The minimum absolute atomic E-state index is 0.111. The topological polar surface area (TPSA) is 59.0 Å². The second kappa shape index (κ2) is 4.85. The molecule has 19 heavy (non-hydrogen) atoms. The molecule has 1 aromatic carbocycles. The van der Waals surface area contributed by atoms with Gasteiger partial charge in [0.1, 0.15) is 0 Å². The Morgan fingerprint density at radius 3 is 3.16 bits per heavy atom. The maximum Gasteiger partial charge on any atom is 0.258 e. The van der Waals surface area contributed by atoms with Gasteiger partial charge in [-0.15, -0.1) is 0 Å². The molecule has 5 nitrogen and oxygen atoms in total. The van der Waals surface area contributed by atoms with Crippen LogP contribution in [0.1, 0.15) is 21.5 Å². The summed E-state index contributed by atoms with van der Waals surface area (Å²) in [4.78, 5) is 12.1. The first-order valence-electron chi connectivity index (χ1n) is 6.35. The van der Waals surface area contributed by atoms with Gasteiger partial charge in [-0.3, -0.25) is 9.48 Å². The average molecular weight is 256 g/mol. The Bertz CT molecular complexity index is 618. The van der Waals surface area contributed by atoms with E-state index in [1.807, 2.05) is 12.1 Å². The molecule has 2 heterocycles. The van der Waals surface area contributed by atoms with Gasteiger partial charge in [-0.2, -0.15) is 5.10 Å². The summed E-state index contributed by atoms with van der Waals surface area (Å²) in [5.41, 5.74) is 3.98. The third-order valence-electron chi connectivity index (χ3n) is 3.36. The third-order valence-corrected chi connectivity index (χ3v) is 3.36. The molecule has 2 aromatic rings. The van der Waals surface area contributed by atoms with E-state index < -0.39 is 0 Å². The molecule has 0 atom stereocenters. The zero-order chi connectivity index (χ0) is 13.2. The van der Waals surface area contributed by atoms with Crippen LogP contribution in [0.15, 0.2) is 30.6 Å². The summed E-state index contributed by atoms with van der Waals surface area (Å²) in [6, 6.07) is 6.03. The number of nitrogens with zero attached hydrogens (tertiary/aromatic N) is 2. The van der Waals surface area contributed by atoms with Crippen molar-refractivity contribution < 1.29 is 4.79 Å². The van der Waals surface area contributed by atoms with E-state index in [0.29, 0.717) is 5.56 Å². The molecule has 1 aromatic heterocycles. The first-order valence-corrected chi connectivity index (χ1v) is 6.35. The zero-order valence-corrected chi connectivity index (χ0v) is 10.8. The van der Waals surface area contributed by atoms with E-state index in [0.717, 1.165) is 25.2 Å². The molecule has 0 bridgehead atoms. The molecule has 0 aliphatic carbocycles. The van der Waals surface area contributed by atoms with Crippen LogP contribution < -0.4 is 10.6 Å². The van der Waals surface area contributed by atoms with Gasteiger partial charge in [0.15, 0.2) is 0 Å². The van der Waals surface area contributed by atoms with Crippen LogP contribution in [-0.4, -0.2) is 22.2 Å². The fourth-order valence-corrected chi connectivity index (χ4v) is 2.38. The molecule has 0 fully saturated rings. The van der Waals surface area contributed by atoms with Crippen LogP contribution in [0.4, 0.5) is 5.69 Å². The Hall–Kier alpha value is -2.14. The van der Waals surface area contributed by atoms with Crippen molar-refractivity contribution in [2.75, 3.05) is 11.9 Å². The fraction of sp³-hybridized carbons (Fsp3) is 0.286. The molecule has 1 aliphatic rings. The second-order valence-electron chi connectivity index (χ2n) is 4.73. The predicted octanol–water partition coefficient (Wildman–Crippen LogP) is 1.32. The number of hydrogen-bond donors (Lipinski definition) is 2. The Kier molecular flexibility index (Phi) is 3.05. The summed E-state index contributed by atoms with van der Waals surface area (Å²) in [6.07, 6.45) is 4.23. The van der Waals surface area contributed by atoms with Crippen LogP contribution in [0.2, 0.25) is 0 Å². The molecule has 2 N–H and O–H groups in total. The number of carbonyl (C=O) groups excluding carboxylic acids is 1. The summed E-state index contributed by atoms with van der Waals surface area (Å²) in [5, 5.41) is 10.3. The molecule has 0 radical (unpaired) electrons. The van der Waals surface area contributed by atoms with Crippen molar-refractivity contribution in [3.63, 3.8) is 0 Å². The highest BCUT2D eigenvalue weighted by molar-refractivity contribution is 6.04. The van der Waals surface area contributed by atoms with Gasteiger partial charge in [-0.05, 0) is 30.2 Å². The van der Waals surface area contributed by atoms with Gasteiger partial charge < -0.3 is 10.6 Å². The van der Waals surface area contributed by atoms with Gasteiger partial charge in [-0.25, -0.2) is 0 Å². The molecule has 98 valence electrons. The molecule has 1 aliphatic heterocycles. The van der Waals surface area contributed by atoms with Crippen LogP contribution in [-0.2, 0) is 20.0 Å². The third kappa shape index (κ3) is 2.37. The first-order chi connectivity index (χ1) is 9.24. The number of benzene rings is 1. The van der Waals surface area contributed by atoms with E-state index in [-0.39, 0.29) is 5.91 Å². The molecule has 5 heteroatoms. The van der Waals surface area contributed by atoms with Gasteiger partial charge in [0.25, 0.3) is 5.91 Å². The molecule has 0 spiro atoms. The van der Waals surface area contributed by atoms with Gasteiger partial charge >= 0.3 is 0 Å². The Morgan fingerprint density at radius 1 is 1.47 bits per heavy atom. The van der Waals surface area contributed by atoms with Crippen molar-refractivity contribution in [1.29, 1.82) is 0 Å². The Labute approximate surface area is 111 Å². The number of aromatic nitrogens is 2. The standard InChI is InChI=1S/C14H16N4O/c1-18-9-11(8-16-18)14(19)17-13-4-2-3-10-7-15-6-5-12(10)13/h2-4,8-9,15H,5-7H2,1H3,(H,17,19). The summed E-state index contributed by atoms with van der Waals surface area (Å²) in [5.74, 6) is -0.111. The smallest absolute Gasteiger partial charge is 0.258 e. The summed E-state index contributed by atoms with van der Waals surface area (Å²) < 4.78 is 1.62. The predicted molar refractivity (Wildman–Crippen MR) is 73.0 cm³/mol. The molecule has 0 unspecified atom stereocenters. The van der Waals surface area contributed by atoms with Crippen LogP contribution in [0.25, 0.3) is 0 Å². The molecule has 0 saturated heterocycles. The molecule has 0 saturated carbocycles. The van der Waals surface area contributed by atoms with Crippen molar-refractivity contribution in [3.05, 3.63) is 47.3 Å². The summed E-state index contributed by atoms with van der Waals surface area (Å²) in [6.45, 7) is 1.82.